The molecule has 32 heavy (non-hydrogen) atoms. The van der Waals surface area contributed by atoms with Gasteiger partial charge in [-0.25, -0.2) is 0 Å². The summed E-state index contributed by atoms with van der Waals surface area (Å²) in [4.78, 5) is 19.2. The molecule has 0 spiro atoms. The Hall–Kier alpha value is -2.92. The van der Waals surface area contributed by atoms with Gasteiger partial charge in [0.1, 0.15) is 18.0 Å². The molecule has 5 nitrogen and oxygen atoms in total. The highest BCUT2D eigenvalue weighted by molar-refractivity contribution is 5.88. The second-order valence-corrected chi connectivity index (χ2v) is 8.98. The van der Waals surface area contributed by atoms with Gasteiger partial charge in [0.05, 0.1) is 5.52 Å². The van der Waals surface area contributed by atoms with E-state index in [-0.39, 0.29) is 24.2 Å². The number of hydrogen-bond donors (Lipinski definition) is 0. The summed E-state index contributed by atoms with van der Waals surface area (Å²) in [6.45, 7) is 5.67. The van der Waals surface area contributed by atoms with Crippen LogP contribution in [0, 0.1) is 6.92 Å². The maximum Gasteiger partial charge on any atom is 0.251 e. The monoisotopic (exact) mass is 430 g/mol. The van der Waals surface area contributed by atoms with Crippen LogP contribution in [0.3, 0.4) is 0 Å². The average Bonchev–Trinajstić information content (AvgIpc) is 3.35. The van der Waals surface area contributed by atoms with Gasteiger partial charge in [0.25, 0.3) is 5.91 Å². The van der Waals surface area contributed by atoms with Gasteiger partial charge in [-0.2, -0.15) is 0 Å². The van der Waals surface area contributed by atoms with Crippen molar-refractivity contribution < 1.29 is 14.3 Å². The molecule has 1 amide bonds. The zero-order valence-corrected chi connectivity index (χ0v) is 18.8. The van der Waals surface area contributed by atoms with Crippen LogP contribution in [0.15, 0.2) is 54.7 Å². The Morgan fingerprint density at radius 1 is 1.12 bits per heavy atom. The molecule has 2 aliphatic rings. The molecule has 0 bridgehead atoms. The van der Waals surface area contributed by atoms with E-state index < -0.39 is 0 Å². The molecule has 0 radical (unpaired) electrons. The lowest BCUT2D eigenvalue weighted by Crippen LogP contribution is -2.50. The summed E-state index contributed by atoms with van der Waals surface area (Å²) < 4.78 is 11.9. The SMILES string of the molecule is Cc1c(-c2ccc(OC3CCN(C(=O)C4CCCO4)C(C)C3)cc2)ccc2cccnc12. The van der Waals surface area contributed by atoms with Gasteiger partial charge in [0.15, 0.2) is 0 Å². The topological polar surface area (TPSA) is 51.7 Å². The number of likely N-dealkylation sites (tertiary alicyclic amines) is 1. The van der Waals surface area contributed by atoms with Crippen LogP contribution in [0.5, 0.6) is 5.75 Å². The number of aryl methyl sites for hydroxylation is 1. The lowest BCUT2D eigenvalue weighted by molar-refractivity contribution is -0.145. The number of nitrogens with zero attached hydrogens (tertiary/aromatic N) is 2. The zero-order chi connectivity index (χ0) is 22.1. The van der Waals surface area contributed by atoms with Crippen LogP contribution in [0.25, 0.3) is 22.0 Å². The number of pyridine rings is 1. The van der Waals surface area contributed by atoms with Crippen molar-refractivity contribution in [2.24, 2.45) is 0 Å². The fourth-order valence-corrected chi connectivity index (χ4v) is 5.03. The summed E-state index contributed by atoms with van der Waals surface area (Å²) in [7, 11) is 0. The first-order valence-corrected chi connectivity index (χ1v) is 11.6. The summed E-state index contributed by atoms with van der Waals surface area (Å²) in [6.07, 6.45) is 5.25. The van der Waals surface area contributed by atoms with Crippen molar-refractivity contribution in [1.29, 1.82) is 0 Å². The summed E-state index contributed by atoms with van der Waals surface area (Å²) in [5.74, 6) is 1.03. The van der Waals surface area contributed by atoms with E-state index in [1.165, 1.54) is 11.1 Å². The van der Waals surface area contributed by atoms with Gasteiger partial charge in [-0.3, -0.25) is 9.78 Å². The Morgan fingerprint density at radius 3 is 2.72 bits per heavy atom. The van der Waals surface area contributed by atoms with Gasteiger partial charge in [-0.1, -0.05) is 30.3 Å². The Morgan fingerprint density at radius 2 is 1.97 bits per heavy atom. The molecule has 3 aromatic rings. The third kappa shape index (κ3) is 4.09. The van der Waals surface area contributed by atoms with Crippen LogP contribution >= 0.6 is 0 Å². The Labute approximate surface area is 189 Å². The predicted octanol–water partition coefficient (Wildman–Crippen LogP) is 5.15. The number of hydrogen-bond acceptors (Lipinski definition) is 4. The maximum absolute atomic E-state index is 12.7. The third-order valence-electron chi connectivity index (χ3n) is 6.81. The molecule has 2 aromatic carbocycles. The number of carbonyl (C=O) groups excluding carboxylic acids is 1. The number of rotatable bonds is 4. The highest BCUT2D eigenvalue weighted by Gasteiger charge is 2.35. The largest absolute Gasteiger partial charge is 0.490 e. The molecule has 166 valence electrons. The van der Waals surface area contributed by atoms with Gasteiger partial charge >= 0.3 is 0 Å². The van der Waals surface area contributed by atoms with E-state index in [1.54, 1.807) is 0 Å². The number of amides is 1. The second kappa shape index (κ2) is 8.91. The minimum atomic E-state index is -0.240. The zero-order valence-electron chi connectivity index (χ0n) is 18.8. The van der Waals surface area contributed by atoms with E-state index in [9.17, 15) is 4.79 Å². The van der Waals surface area contributed by atoms with Crippen LogP contribution in [0.1, 0.15) is 38.2 Å². The van der Waals surface area contributed by atoms with Crippen molar-refractivity contribution in [2.45, 2.75) is 57.8 Å². The van der Waals surface area contributed by atoms with E-state index in [1.807, 2.05) is 29.3 Å². The lowest BCUT2D eigenvalue weighted by Gasteiger charge is -2.38. The van der Waals surface area contributed by atoms with Crippen molar-refractivity contribution >= 4 is 16.8 Å². The summed E-state index contributed by atoms with van der Waals surface area (Å²) in [6, 6.07) is 16.8. The number of ether oxygens (including phenoxy) is 2. The molecule has 0 N–H and O–H groups in total. The van der Waals surface area contributed by atoms with Crippen molar-refractivity contribution in [3.63, 3.8) is 0 Å². The molecular formula is C27H30N2O3. The predicted molar refractivity (Wildman–Crippen MR) is 126 cm³/mol. The second-order valence-electron chi connectivity index (χ2n) is 8.98. The number of piperidine rings is 1. The van der Waals surface area contributed by atoms with Crippen LogP contribution < -0.4 is 4.74 Å². The molecule has 1 aromatic heterocycles. The van der Waals surface area contributed by atoms with Crippen LogP contribution in [-0.2, 0) is 9.53 Å². The molecule has 0 saturated carbocycles. The number of benzene rings is 2. The highest BCUT2D eigenvalue weighted by Crippen LogP contribution is 2.31. The molecule has 2 fully saturated rings. The smallest absolute Gasteiger partial charge is 0.251 e. The van der Waals surface area contributed by atoms with E-state index in [4.69, 9.17) is 9.47 Å². The maximum atomic E-state index is 12.7. The minimum Gasteiger partial charge on any atom is -0.490 e. The molecule has 2 saturated heterocycles. The molecular weight excluding hydrogens is 400 g/mol. The van der Waals surface area contributed by atoms with E-state index in [0.717, 1.165) is 54.4 Å². The van der Waals surface area contributed by atoms with Crippen molar-refractivity contribution in [1.82, 2.24) is 9.88 Å². The van der Waals surface area contributed by atoms with E-state index in [0.29, 0.717) is 6.61 Å². The van der Waals surface area contributed by atoms with Crippen molar-refractivity contribution in [3.05, 3.63) is 60.3 Å². The molecule has 0 aliphatic carbocycles. The van der Waals surface area contributed by atoms with E-state index in [2.05, 4.69) is 49.2 Å². The normalized spacial score (nSPS) is 23.4. The lowest BCUT2D eigenvalue weighted by atomic mass is 9.97. The van der Waals surface area contributed by atoms with Crippen LogP contribution in [0.4, 0.5) is 0 Å². The fraction of sp³-hybridized carbons (Fsp3) is 0.407. The van der Waals surface area contributed by atoms with Gasteiger partial charge in [-0.15, -0.1) is 0 Å². The summed E-state index contributed by atoms with van der Waals surface area (Å²) in [5, 5.41) is 1.16. The molecule has 3 unspecified atom stereocenters. The van der Waals surface area contributed by atoms with Crippen molar-refractivity contribution in [2.75, 3.05) is 13.2 Å². The first-order valence-electron chi connectivity index (χ1n) is 11.6. The number of fused-ring (bicyclic) bond motifs is 1. The Bertz CT molecular complexity index is 1110. The van der Waals surface area contributed by atoms with Crippen LogP contribution in [-0.4, -0.2) is 47.2 Å². The Kier molecular flexibility index (Phi) is 5.83. The molecule has 2 aliphatic heterocycles. The molecule has 3 heterocycles. The summed E-state index contributed by atoms with van der Waals surface area (Å²) in [5.41, 5.74) is 4.59. The number of aromatic nitrogens is 1. The first-order chi connectivity index (χ1) is 15.6. The minimum absolute atomic E-state index is 0.121. The standard InChI is InChI=1S/C27H30N2O3/c1-18-17-23(13-15-29(18)27(30)25-6-4-16-31-25)32-22-10-7-20(8-11-22)24-12-9-21-5-3-14-28-26(21)19(24)2/h3,5,7-12,14,18,23,25H,4,6,13,15-17H2,1-2H3. The van der Waals surface area contributed by atoms with Crippen molar-refractivity contribution in [3.8, 4) is 16.9 Å². The van der Waals surface area contributed by atoms with Gasteiger partial charge in [-0.05, 0) is 61.6 Å². The Balaban J connectivity index is 1.24. The fourth-order valence-electron chi connectivity index (χ4n) is 5.03. The van der Waals surface area contributed by atoms with Gasteiger partial charge in [0, 0.05) is 43.6 Å². The number of carbonyl (C=O) groups is 1. The molecule has 3 atom stereocenters. The average molecular weight is 431 g/mol. The summed E-state index contributed by atoms with van der Waals surface area (Å²) >= 11 is 0. The third-order valence-corrected chi connectivity index (χ3v) is 6.81. The molecule has 5 heteroatoms. The van der Waals surface area contributed by atoms with Gasteiger partial charge < -0.3 is 14.4 Å². The van der Waals surface area contributed by atoms with Crippen LogP contribution in [0.2, 0.25) is 0 Å². The van der Waals surface area contributed by atoms with E-state index >= 15 is 0 Å². The molecule has 5 rings (SSSR count). The first kappa shape index (κ1) is 21.0. The quantitative estimate of drug-likeness (QED) is 0.575. The van der Waals surface area contributed by atoms with Gasteiger partial charge in [0.2, 0.25) is 0 Å². The highest BCUT2D eigenvalue weighted by atomic mass is 16.5.